The Morgan fingerprint density at radius 3 is 2.50 bits per heavy atom. The Labute approximate surface area is 120 Å². The number of halogens is 3. The van der Waals surface area contributed by atoms with Crippen LogP contribution in [0.2, 0.25) is 15.3 Å². The van der Waals surface area contributed by atoms with Crippen molar-refractivity contribution in [2.24, 2.45) is 0 Å². The summed E-state index contributed by atoms with van der Waals surface area (Å²) in [5.74, 6) is 1.29. The molecule has 3 rings (SSSR count). The minimum atomic E-state index is 0.318. The van der Waals surface area contributed by atoms with Crippen molar-refractivity contribution in [1.29, 1.82) is 0 Å². The lowest BCUT2D eigenvalue weighted by Crippen LogP contribution is -2.01. The summed E-state index contributed by atoms with van der Waals surface area (Å²) in [5, 5.41) is 9.62. The number of aromatic nitrogens is 3. The van der Waals surface area contributed by atoms with Gasteiger partial charge in [0.25, 0.3) is 0 Å². The molecule has 0 bridgehead atoms. The molecule has 0 spiro atoms. The summed E-state index contributed by atoms with van der Waals surface area (Å²) in [6.45, 7) is 1.91. The molecule has 6 heteroatoms. The fourth-order valence-electron chi connectivity index (χ4n) is 1.91. The quantitative estimate of drug-likeness (QED) is 0.822. The molecule has 1 aromatic heterocycles. The predicted molar refractivity (Wildman–Crippen MR) is 73.1 cm³/mol. The van der Waals surface area contributed by atoms with E-state index >= 15 is 0 Å². The maximum atomic E-state index is 6.27. The zero-order valence-electron chi connectivity index (χ0n) is 9.62. The highest BCUT2D eigenvalue weighted by molar-refractivity contribution is 6.35. The number of hydrogen-bond acceptors (Lipinski definition) is 2. The Bertz CT molecular complexity index is 617. The van der Waals surface area contributed by atoms with Crippen LogP contribution in [0.1, 0.15) is 30.1 Å². The van der Waals surface area contributed by atoms with E-state index in [1.54, 1.807) is 10.6 Å². The van der Waals surface area contributed by atoms with Crippen molar-refractivity contribution in [1.82, 2.24) is 14.8 Å². The molecule has 0 atom stereocenters. The Balaban J connectivity index is 2.20. The van der Waals surface area contributed by atoms with Crippen LogP contribution >= 0.6 is 34.8 Å². The molecule has 0 N–H and O–H groups in total. The van der Waals surface area contributed by atoms with Crippen LogP contribution in [-0.4, -0.2) is 14.8 Å². The molecular weight excluding hydrogens is 293 g/mol. The second-order valence-corrected chi connectivity index (χ2v) is 5.64. The molecule has 18 heavy (non-hydrogen) atoms. The van der Waals surface area contributed by atoms with Crippen LogP contribution in [0.5, 0.6) is 0 Å². The number of benzene rings is 1. The number of aryl methyl sites for hydroxylation is 1. The molecule has 3 nitrogen and oxygen atoms in total. The summed E-state index contributed by atoms with van der Waals surface area (Å²) in [6, 6.07) is 3.63. The van der Waals surface area contributed by atoms with Crippen LogP contribution in [0.25, 0.3) is 5.69 Å². The van der Waals surface area contributed by atoms with Gasteiger partial charge >= 0.3 is 0 Å². The maximum Gasteiger partial charge on any atom is 0.229 e. The average molecular weight is 303 g/mol. The highest BCUT2D eigenvalue weighted by Crippen LogP contribution is 2.41. The monoisotopic (exact) mass is 301 g/mol. The molecule has 2 aromatic rings. The summed E-state index contributed by atoms with van der Waals surface area (Å²) >= 11 is 18.5. The molecule has 0 saturated heterocycles. The molecule has 1 aliphatic rings. The van der Waals surface area contributed by atoms with Gasteiger partial charge in [-0.2, -0.15) is 0 Å². The summed E-state index contributed by atoms with van der Waals surface area (Å²) in [7, 11) is 0. The Morgan fingerprint density at radius 2 is 1.83 bits per heavy atom. The molecule has 1 heterocycles. The molecule has 0 aliphatic heterocycles. The first-order valence-corrected chi connectivity index (χ1v) is 6.78. The third kappa shape index (κ3) is 2.00. The summed E-state index contributed by atoms with van der Waals surface area (Å²) in [4.78, 5) is 0. The first-order chi connectivity index (χ1) is 8.58. The van der Waals surface area contributed by atoms with E-state index in [1.165, 1.54) is 0 Å². The van der Waals surface area contributed by atoms with E-state index in [0.29, 0.717) is 21.2 Å². The molecule has 1 saturated carbocycles. The van der Waals surface area contributed by atoms with Crippen molar-refractivity contribution < 1.29 is 0 Å². The van der Waals surface area contributed by atoms with Crippen LogP contribution in [-0.2, 0) is 0 Å². The molecule has 1 aromatic carbocycles. The minimum Gasteiger partial charge on any atom is -0.268 e. The second-order valence-electron chi connectivity index (χ2n) is 4.49. The SMILES string of the molecule is Cc1cc(Cl)c(-n2c(Cl)nnc2C2CC2)cc1Cl. The minimum absolute atomic E-state index is 0.318. The highest BCUT2D eigenvalue weighted by Gasteiger charge is 2.31. The van der Waals surface area contributed by atoms with Crippen molar-refractivity contribution in [2.45, 2.75) is 25.7 Å². The summed E-state index contributed by atoms with van der Waals surface area (Å²) in [5.41, 5.74) is 1.67. The average Bonchev–Trinajstić information content (AvgIpc) is 3.09. The van der Waals surface area contributed by atoms with Gasteiger partial charge in [0, 0.05) is 10.9 Å². The number of hydrogen-bond donors (Lipinski definition) is 0. The predicted octanol–water partition coefficient (Wildman–Crippen LogP) is 4.41. The first-order valence-electron chi connectivity index (χ1n) is 5.64. The second kappa shape index (κ2) is 4.41. The van der Waals surface area contributed by atoms with Crippen molar-refractivity contribution in [3.05, 3.63) is 38.8 Å². The molecule has 1 fully saturated rings. The van der Waals surface area contributed by atoms with Gasteiger partial charge in [0.2, 0.25) is 5.28 Å². The molecule has 0 unspecified atom stereocenters. The van der Waals surface area contributed by atoms with E-state index in [-0.39, 0.29) is 0 Å². The molecule has 0 amide bonds. The topological polar surface area (TPSA) is 30.7 Å². The molecule has 94 valence electrons. The zero-order valence-corrected chi connectivity index (χ0v) is 11.9. The highest BCUT2D eigenvalue weighted by atomic mass is 35.5. The standard InChI is InChI=1S/C12H10Cl3N3/c1-6-4-9(14)10(5-8(6)13)18-11(7-2-3-7)16-17-12(18)15/h4-5,7H,2-3H2,1H3. The Hall–Kier alpha value is -0.770. The van der Waals surface area contributed by atoms with E-state index < -0.39 is 0 Å². The van der Waals surface area contributed by atoms with Crippen LogP contribution in [0, 0.1) is 6.92 Å². The van der Waals surface area contributed by atoms with Crippen LogP contribution in [0.3, 0.4) is 0 Å². The largest absolute Gasteiger partial charge is 0.268 e. The van der Waals surface area contributed by atoms with E-state index in [0.717, 1.165) is 29.9 Å². The van der Waals surface area contributed by atoms with Gasteiger partial charge in [-0.3, -0.25) is 4.57 Å². The maximum absolute atomic E-state index is 6.27. The third-order valence-corrected chi connectivity index (χ3v) is 4.01. The van der Waals surface area contributed by atoms with Gasteiger partial charge in [-0.05, 0) is 49.1 Å². The summed E-state index contributed by atoms with van der Waals surface area (Å²) < 4.78 is 1.78. The van der Waals surface area contributed by atoms with Gasteiger partial charge in [-0.1, -0.05) is 23.2 Å². The van der Waals surface area contributed by atoms with Crippen molar-refractivity contribution >= 4 is 34.8 Å². The van der Waals surface area contributed by atoms with E-state index in [1.807, 2.05) is 13.0 Å². The van der Waals surface area contributed by atoms with Gasteiger partial charge < -0.3 is 0 Å². The van der Waals surface area contributed by atoms with Gasteiger partial charge in [0.1, 0.15) is 5.82 Å². The zero-order chi connectivity index (χ0) is 12.9. The first kappa shape index (κ1) is 12.3. The van der Waals surface area contributed by atoms with Crippen LogP contribution < -0.4 is 0 Å². The van der Waals surface area contributed by atoms with E-state index in [4.69, 9.17) is 34.8 Å². The number of nitrogens with zero attached hydrogens (tertiary/aromatic N) is 3. The van der Waals surface area contributed by atoms with E-state index in [2.05, 4.69) is 10.2 Å². The lowest BCUT2D eigenvalue weighted by atomic mass is 10.2. The smallest absolute Gasteiger partial charge is 0.229 e. The fraction of sp³-hybridized carbons (Fsp3) is 0.333. The van der Waals surface area contributed by atoms with Crippen molar-refractivity contribution in [3.63, 3.8) is 0 Å². The van der Waals surface area contributed by atoms with E-state index in [9.17, 15) is 0 Å². The molecule has 0 radical (unpaired) electrons. The van der Waals surface area contributed by atoms with Crippen LogP contribution in [0.15, 0.2) is 12.1 Å². The van der Waals surface area contributed by atoms with Gasteiger partial charge in [-0.15, -0.1) is 10.2 Å². The fourth-order valence-corrected chi connectivity index (χ4v) is 2.59. The normalized spacial score (nSPS) is 15.1. The van der Waals surface area contributed by atoms with Crippen molar-refractivity contribution in [3.8, 4) is 5.69 Å². The number of rotatable bonds is 2. The van der Waals surface area contributed by atoms with Crippen LogP contribution in [0.4, 0.5) is 0 Å². The van der Waals surface area contributed by atoms with Gasteiger partial charge in [-0.25, -0.2) is 0 Å². The lowest BCUT2D eigenvalue weighted by Gasteiger charge is -2.11. The van der Waals surface area contributed by atoms with Gasteiger partial charge in [0.05, 0.1) is 10.7 Å². The molecule has 1 aliphatic carbocycles. The van der Waals surface area contributed by atoms with Gasteiger partial charge in [0.15, 0.2) is 0 Å². The summed E-state index contributed by atoms with van der Waals surface area (Å²) in [6.07, 6.45) is 2.23. The third-order valence-electron chi connectivity index (χ3n) is 3.06. The molecular formula is C12H10Cl3N3. The Kier molecular flexibility index (Phi) is 3.00. The lowest BCUT2D eigenvalue weighted by molar-refractivity contribution is 0.871. The Morgan fingerprint density at radius 1 is 1.11 bits per heavy atom. The van der Waals surface area contributed by atoms with Crippen molar-refractivity contribution in [2.75, 3.05) is 0 Å².